The van der Waals surface area contributed by atoms with Gasteiger partial charge in [0.25, 0.3) is 0 Å². The molecule has 0 aromatic rings. The van der Waals surface area contributed by atoms with Crippen molar-refractivity contribution in [3.05, 3.63) is 0 Å². The maximum absolute atomic E-state index is 8.61. The highest BCUT2D eigenvalue weighted by molar-refractivity contribution is 5.20. The summed E-state index contributed by atoms with van der Waals surface area (Å²) in [4.78, 5) is 0. The van der Waals surface area contributed by atoms with Crippen molar-refractivity contribution in [2.24, 2.45) is 0 Å². The fourth-order valence-corrected chi connectivity index (χ4v) is 0.831. The van der Waals surface area contributed by atoms with Gasteiger partial charge < -0.3 is 0 Å². The first-order valence-corrected chi connectivity index (χ1v) is 3.45. The molecule has 0 aliphatic carbocycles. The van der Waals surface area contributed by atoms with Gasteiger partial charge in [-0.25, -0.2) is 0 Å². The molecule has 60 valence electrons. The van der Waals surface area contributed by atoms with Crippen LogP contribution >= 0.6 is 0 Å². The van der Waals surface area contributed by atoms with Gasteiger partial charge in [-0.15, -0.1) is 0 Å². The van der Waals surface area contributed by atoms with Crippen molar-refractivity contribution in [1.82, 2.24) is 5.32 Å². The molecule has 0 saturated carbocycles. The zero-order chi connectivity index (χ0) is 9.12. The molecule has 0 aliphatic rings. The second-order valence-electron chi connectivity index (χ2n) is 3.72. The molecule has 1 N–H and O–H groups in total. The maximum atomic E-state index is 8.61. The van der Waals surface area contributed by atoms with Crippen molar-refractivity contribution in [1.29, 1.82) is 10.5 Å². The van der Waals surface area contributed by atoms with Crippen LogP contribution in [0.3, 0.4) is 0 Å². The fraction of sp³-hybridized carbons (Fsp3) is 0.750. The Balaban J connectivity index is 4.40. The normalized spacial score (nSPS) is 11.8. The monoisotopic (exact) mass is 151 g/mol. The van der Waals surface area contributed by atoms with E-state index in [1.807, 2.05) is 32.9 Å². The third-order valence-corrected chi connectivity index (χ3v) is 1.07. The number of hydrogen-bond acceptors (Lipinski definition) is 3. The van der Waals surface area contributed by atoms with Crippen LogP contribution in [0.5, 0.6) is 0 Å². The van der Waals surface area contributed by atoms with Crippen LogP contribution in [0, 0.1) is 22.7 Å². The Morgan fingerprint density at radius 2 is 1.36 bits per heavy atom. The van der Waals surface area contributed by atoms with Gasteiger partial charge >= 0.3 is 0 Å². The first kappa shape index (κ1) is 9.94. The lowest BCUT2D eigenvalue weighted by atomic mass is 10.0. The van der Waals surface area contributed by atoms with E-state index in [-0.39, 0.29) is 5.54 Å². The number of nitriles is 2. The Kier molecular flexibility index (Phi) is 2.62. The largest absolute Gasteiger partial charge is 0.283 e. The van der Waals surface area contributed by atoms with E-state index in [1.165, 1.54) is 0 Å². The van der Waals surface area contributed by atoms with Gasteiger partial charge in [0.1, 0.15) is 12.1 Å². The third kappa shape index (κ3) is 3.60. The standard InChI is InChI=1S/C8H13N3/c1-7(2,3)11-8(4,5-9)6-10/h11H,1-4H3. The lowest BCUT2D eigenvalue weighted by Gasteiger charge is -2.26. The first-order valence-electron chi connectivity index (χ1n) is 3.45. The van der Waals surface area contributed by atoms with Crippen LogP contribution in [-0.4, -0.2) is 11.1 Å². The lowest BCUT2D eigenvalue weighted by Crippen LogP contribution is -2.50. The topological polar surface area (TPSA) is 59.6 Å². The van der Waals surface area contributed by atoms with Gasteiger partial charge in [0.15, 0.2) is 5.54 Å². The number of nitrogens with zero attached hydrogens (tertiary/aromatic N) is 2. The molecule has 0 heterocycles. The third-order valence-electron chi connectivity index (χ3n) is 1.07. The van der Waals surface area contributed by atoms with Gasteiger partial charge in [-0.3, -0.25) is 5.32 Å². The predicted molar refractivity (Wildman–Crippen MR) is 42.5 cm³/mol. The van der Waals surface area contributed by atoms with E-state index in [0.29, 0.717) is 0 Å². The van der Waals surface area contributed by atoms with Gasteiger partial charge in [0.05, 0.1) is 0 Å². The molecule has 0 radical (unpaired) electrons. The van der Waals surface area contributed by atoms with Crippen molar-refractivity contribution in [2.45, 2.75) is 38.8 Å². The molecule has 0 amide bonds. The molecule has 0 saturated heterocycles. The summed E-state index contributed by atoms with van der Waals surface area (Å²) in [6.45, 7) is 7.32. The van der Waals surface area contributed by atoms with Crippen molar-refractivity contribution in [3.63, 3.8) is 0 Å². The Morgan fingerprint density at radius 1 is 1.00 bits per heavy atom. The molecule has 0 aromatic heterocycles. The number of rotatable bonds is 1. The Hall–Kier alpha value is -1.06. The van der Waals surface area contributed by atoms with Gasteiger partial charge in [-0.1, -0.05) is 0 Å². The molecular formula is C8H13N3. The second kappa shape index (κ2) is 2.90. The minimum absolute atomic E-state index is 0.208. The molecule has 0 bridgehead atoms. The minimum atomic E-state index is -1.07. The highest BCUT2D eigenvalue weighted by Crippen LogP contribution is 2.08. The zero-order valence-electron chi connectivity index (χ0n) is 7.39. The van der Waals surface area contributed by atoms with E-state index in [2.05, 4.69) is 5.32 Å². The number of hydrogen-bond donors (Lipinski definition) is 1. The highest BCUT2D eigenvalue weighted by atomic mass is 15.0. The van der Waals surface area contributed by atoms with E-state index in [4.69, 9.17) is 10.5 Å². The van der Waals surface area contributed by atoms with Crippen molar-refractivity contribution in [3.8, 4) is 12.1 Å². The van der Waals surface area contributed by atoms with Crippen molar-refractivity contribution in [2.75, 3.05) is 0 Å². The van der Waals surface area contributed by atoms with E-state index < -0.39 is 5.54 Å². The van der Waals surface area contributed by atoms with E-state index >= 15 is 0 Å². The summed E-state index contributed by atoms with van der Waals surface area (Å²) in [6.07, 6.45) is 0. The van der Waals surface area contributed by atoms with Gasteiger partial charge in [0.2, 0.25) is 0 Å². The molecule has 0 fully saturated rings. The molecule has 0 atom stereocenters. The van der Waals surface area contributed by atoms with Crippen LogP contribution in [0.2, 0.25) is 0 Å². The molecule has 3 nitrogen and oxygen atoms in total. The number of nitrogens with one attached hydrogen (secondary N) is 1. The molecule has 0 rings (SSSR count). The van der Waals surface area contributed by atoms with E-state index in [1.54, 1.807) is 6.92 Å². The molecule has 11 heavy (non-hydrogen) atoms. The van der Waals surface area contributed by atoms with E-state index in [9.17, 15) is 0 Å². The highest BCUT2D eigenvalue weighted by Gasteiger charge is 2.28. The lowest BCUT2D eigenvalue weighted by molar-refractivity contribution is 0.365. The minimum Gasteiger partial charge on any atom is -0.283 e. The SMILES string of the molecule is CC(C)(C)NC(C)(C#N)C#N. The molecular weight excluding hydrogens is 138 g/mol. The summed E-state index contributed by atoms with van der Waals surface area (Å²) >= 11 is 0. The van der Waals surface area contributed by atoms with Crippen LogP contribution < -0.4 is 5.32 Å². The first-order chi connectivity index (χ1) is 4.83. The van der Waals surface area contributed by atoms with Gasteiger partial charge in [0, 0.05) is 5.54 Å². The zero-order valence-corrected chi connectivity index (χ0v) is 7.39. The van der Waals surface area contributed by atoms with Crippen molar-refractivity contribution >= 4 is 0 Å². The maximum Gasteiger partial charge on any atom is 0.191 e. The average molecular weight is 151 g/mol. The Labute approximate surface area is 67.6 Å². The molecule has 0 spiro atoms. The molecule has 0 aliphatic heterocycles. The van der Waals surface area contributed by atoms with Crippen LogP contribution in [-0.2, 0) is 0 Å². The Bertz CT molecular complexity index is 197. The Morgan fingerprint density at radius 3 is 1.45 bits per heavy atom. The van der Waals surface area contributed by atoms with Crippen LogP contribution in [0.1, 0.15) is 27.7 Å². The van der Waals surface area contributed by atoms with Crippen LogP contribution in [0.15, 0.2) is 0 Å². The van der Waals surface area contributed by atoms with E-state index in [0.717, 1.165) is 0 Å². The summed E-state index contributed by atoms with van der Waals surface area (Å²) in [5.41, 5.74) is -1.28. The van der Waals surface area contributed by atoms with Gasteiger partial charge in [-0.2, -0.15) is 10.5 Å². The smallest absolute Gasteiger partial charge is 0.191 e. The van der Waals surface area contributed by atoms with Crippen LogP contribution in [0.4, 0.5) is 0 Å². The summed E-state index contributed by atoms with van der Waals surface area (Å²) in [6, 6.07) is 3.82. The van der Waals surface area contributed by atoms with Gasteiger partial charge in [-0.05, 0) is 27.7 Å². The summed E-state index contributed by atoms with van der Waals surface area (Å²) < 4.78 is 0. The fourth-order valence-electron chi connectivity index (χ4n) is 0.831. The second-order valence-corrected chi connectivity index (χ2v) is 3.72. The quantitative estimate of drug-likeness (QED) is 0.612. The summed E-state index contributed by atoms with van der Waals surface area (Å²) in [5, 5.41) is 20.1. The molecule has 0 unspecified atom stereocenters. The van der Waals surface area contributed by atoms with Crippen LogP contribution in [0.25, 0.3) is 0 Å². The summed E-state index contributed by atoms with van der Waals surface area (Å²) in [5.74, 6) is 0. The molecule has 0 aromatic carbocycles. The average Bonchev–Trinajstić information content (AvgIpc) is 1.84. The predicted octanol–water partition coefficient (Wildman–Crippen LogP) is 1.18. The molecule has 3 heteroatoms. The van der Waals surface area contributed by atoms with Crippen molar-refractivity contribution < 1.29 is 0 Å². The summed E-state index contributed by atoms with van der Waals surface area (Å²) in [7, 11) is 0.